The number of benzene rings is 1. The van der Waals surface area contributed by atoms with Gasteiger partial charge in [0.15, 0.2) is 9.84 Å². The molecule has 1 saturated heterocycles. The summed E-state index contributed by atoms with van der Waals surface area (Å²) in [6, 6.07) is 5.34. The van der Waals surface area contributed by atoms with E-state index in [0.29, 0.717) is 42.7 Å². The number of piperidine rings is 1. The average Bonchev–Trinajstić information content (AvgIpc) is 3.27. The van der Waals surface area contributed by atoms with Crippen LogP contribution in [0.5, 0.6) is 0 Å². The van der Waals surface area contributed by atoms with Crippen molar-refractivity contribution < 1.29 is 21.6 Å². The monoisotopic (exact) mass is 533 g/mol. The van der Waals surface area contributed by atoms with Crippen LogP contribution in [0, 0.1) is 6.92 Å². The number of halogens is 3. The zero-order valence-electron chi connectivity index (χ0n) is 20.4. The molecule has 0 N–H and O–H groups in total. The largest absolute Gasteiger partial charge is 0.486 e. The predicted molar refractivity (Wildman–Crippen MR) is 133 cm³/mol. The first-order chi connectivity index (χ1) is 17.5. The lowest BCUT2D eigenvalue weighted by Crippen LogP contribution is -2.51. The van der Waals surface area contributed by atoms with Gasteiger partial charge >= 0.3 is 6.30 Å². The molecule has 9 nitrogen and oxygen atoms in total. The van der Waals surface area contributed by atoms with Gasteiger partial charge in [-0.3, -0.25) is 4.90 Å². The summed E-state index contributed by atoms with van der Waals surface area (Å²) >= 11 is 0. The van der Waals surface area contributed by atoms with Crippen molar-refractivity contribution in [2.45, 2.75) is 43.4 Å². The summed E-state index contributed by atoms with van der Waals surface area (Å²) in [5, 5.41) is 0. The van der Waals surface area contributed by atoms with Gasteiger partial charge in [-0.15, -0.1) is 0 Å². The van der Waals surface area contributed by atoms with Crippen LogP contribution in [0.25, 0.3) is 0 Å². The number of aryl methyl sites for hydroxylation is 1. The maximum absolute atomic E-state index is 14.3. The van der Waals surface area contributed by atoms with Gasteiger partial charge in [-0.05, 0) is 55.5 Å². The molecule has 2 aliphatic heterocycles. The summed E-state index contributed by atoms with van der Waals surface area (Å²) in [5.41, 5.74) is 2.45. The molecule has 0 aliphatic carbocycles. The normalized spacial score (nSPS) is 16.7. The van der Waals surface area contributed by atoms with Crippen molar-refractivity contribution in [3.8, 4) is 0 Å². The zero-order valence-corrected chi connectivity index (χ0v) is 21.2. The third-order valence-electron chi connectivity index (χ3n) is 6.69. The van der Waals surface area contributed by atoms with Crippen LogP contribution < -0.4 is 14.7 Å². The second kappa shape index (κ2) is 9.43. The Morgan fingerprint density at radius 2 is 1.70 bits per heavy atom. The predicted octanol–water partition coefficient (Wildman–Crippen LogP) is 3.67. The highest BCUT2D eigenvalue weighted by molar-refractivity contribution is 7.90. The van der Waals surface area contributed by atoms with Gasteiger partial charge in [0.2, 0.25) is 5.95 Å². The van der Waals surface area contributed by atoms with Crippen LogP contribution in [-0.4, -0.2) is 66.6 Å². The number of fused-ring (bicyclic) bond motifs is 1. The second-order valence-corrected chi connectivity index (χ2v) is 11.3. The van der Waals surface area contributed by atoms with E-state index in [4.69, 9.17) is 0 Å². The average molecular weight is 534 g/mol. The quantitative estimate of drug-likeness (QED) is 0.455. The summed E-state index contributed by atoms with van der Waals surface area (Å²) in [5.74, 6) is 0.623. The van der Waals surface area contributed by atoms with E-state index >= 15 is 0 Å². The molecule has 4 heterocycles. The van der Waals surface area contributed by atoms with Crippen molar-refractivity contribution in [1.82, 2.24) is 19.9 Å². The molecule has 0 saturated carbocycles. The molecule has 0 bridgehead atoms. The van der Waals surface area contributed by atoms with Crippen molar-refractivity contribution in [3.63, 3.8) is 0 Å². The van der Waals surface area contributed by atoms with Gasteiger partial charge in [-0.2, -0.15) is 13.2 Å². The molecule has 0 atom stereocenters. The zero-order chi connectivity index (χ0) is 26.4. The number of aromatic nitrogens is 4. The minimum absolute atomic E-state index is 0.210. The Balaban J connectivity index is 1.38. The number of rotatable bonds is 5. The summed E-state index contributed by atoms with van der Waals surface area (Å²) in [4.78, 5) is 21.1. The Hall–Kier alpha value is -3.48. The SMILES string of the molecule is Cc1cnc(N2CCC(N(c3cc(N4CCc5cc(S(C)(=O)=O)ccc54)ncn3)C(F)(F)F)CC2)nc1. The standard InChI is InChI=1S/C24H26F3N7O2S/c1-16-13-28-23(29-14-16)32-8-6-18(7-9-32)34(24(25,26)27)22-12-21(30-15-31-22)33-10-5-17-11-19(37(2,35)36)3-4-20(17)33/h3-4,11-15,18H,5-10H2,1-2H3. The highest BCUT2D eigenvalue weighted by Crippen LogP contribution is 2.38. The maximum atomic E-state index is 14.3. The van der Waals surface area contributed by atoms with E-state index < -0.39 is 22.2 Å². The molecule has 0 amide bonds. The van der Waals surface area contributed by atoms with Crippen LogP contribution in [0.1, 0.15) is 24.0 Å². The number of sulfone groups is 1. The second-order valence-electron chi connectivity index (χ2n) is 9.32. The third kappa shape index (κ3) is 5.17. The lowest BCUT2D eigenvalue weighted by molar-refractivity contribution is -0.136. The molecule has 196 valence electrons. The van der Waals surface area contributed by atoms with Crippen molar-refractivity contribution in [1.29, 1.82) is 0 Å². The van der Waals surface area contributed by atoms with Crippen molar-refractivity contribution in [3.05, 3.63) is 54.1 Å². The van der Waals surface area contributed by atoms with E-state index in [1.807, 2.05) is 11.8 Å². The van der Waals surface area contributed by atoms with Crippen LogP contribution in [0.2, 0.25) is 0 Å². The van der Waals surface area contributed by atoms with Crippen LogP contribution in [0.4, 0.5) is 36.4 Å². The molecule has 0 radical (unpaired) electrons. The molecular weight excluding hydrogens is 507 g/mol. The Kier molecular flexibility index (Phi) is 6.42. The fourth-order valence-electron chi connectivity index (χ4n) is 4.86. The van der Waals surface area contributed by atoms with Crippen LogP contribution in [0.3, 0.4) is 0 Å². The first kappa shape index (κ1) is 25.2. The molecule has 0 unspecified atom stereocenters. The van der Waals surface area contributed by atoms with E-state index in [2.05, 4.69) is 19.9 Å². The lowest BCUT2D eigenvalue weighted by Gasteiger charge is -2.39. The number of hydrogen-bond acceptors (Lipinski definition) is 9. The Morgan fingerprint density at radius 1 is 1.00 bits per heavy atom. The molecule has 37 heavy (non-hydrogen) atoms. The van der Waals surface area contributed by atoms with Crippen molar-refractivity contribution >= 4 is 33.1 Å². The van der Waals surface area contributed by atoms with E-state index in [1.54, 1.807) is 29.4 Å². The van der Waals surface area contributed by atoms with Crippen molar-refractivity contribution in [2.24, 2.45) is 0 Å². The number of alkyl halides is 3. The van der Waals surface area contributed by atoms with Crippen LogP contribution >= 0.6 is 0 Å². The Labute approximate surface area is 212 Å². The molecule has 13 heteroatoms. The van der Waals surface area contributed by atoms with E-state index in [0.717, 1.165) is 29.4 Å². The smallest absolute Gasteiger partial charge is 0.341 e. The van der Waals surface area contributed by atoms with Gasteiger partial charge in [-0.1, -0.05) is 0 Å². The molecule has 1 aromatic carbocycles. The molecule has 2 aliphatic rings. The minimum atomic E-state index is -4.63. The van der Waals surface area contributed by atoms with Gasteiger partial charge in [0, 0.05) is 56.1 Å². The fourth-order valence-corrected chi connectivity index (χ4v) is 5.53. The highest BCUT2D eigenvalue weighted by atomic mass is 32.2. The first-order valence-electron chi connectivity index (χ1n) is 11.8. The van der Waals surface area contributed by atoms with E-state index in [-0.39, 0.29) is 23.6 Å². The van der Waals surface area contributed by atoms with Crippen LogP contribution in [-0.2, 0) is 16.3 Å². The van der Waals surface area contributed by atoms with Crippen LogP contribution in [0.15, 0.2) is 47.9 Å². The third-order valence-corrected chi connectivity index (χ3v) is 7.80. The summed E-state index contributed by atoms with van der Waals surface area (Å²) in [6.07, 6.45) is 2.11. The van der Waals surface area contributed by atoms with E-state index in [9.17, 15) is 21.6 Å². The topological polar surface area (TPSA) is 95.4 Å². The van der Waals surface area contributed by atoms with Gasteiger partial charge in [0.25, 0.3) is 0 Å². The van der Waals surface area contributed by atoms with Gasteiger partial charge in [-0.25, -0.2) is 28.4 Å². The van der Waals surface area contributed by atoms with Crippen molar-refractivity contribution in [2.75, 3.05) is 40.6 Å². The highest BCUT2D eigenvalue weighted by Gasteiger charge is 2.44. The van der Waals surface area contributed by atoms with Gasteiger partial charge in [0.1, 0.15) is 18.0 Å². The summed E-state index contributed by atoms with van der Waals surface area (Å²) in [6.45, 7) is 3.13. The summed E-state index contributed by atoms with van der Waals surface area (Å²) in [7, 11) is -3.36. The maximum Gasteiger partial charge on any atom is 0.486 e. The van der Waals surface area contributed by atoms with Gasteiger partial charge in [0.05, 0.1) is 4.90 Å². The number of anilines is 4. The Morgan fingerprint density at radius 3 is 2.35 bits per heavy atom. The minimum Gasteiger partial charge on any atom is -0.341 e. The number of nitrogens with zero attached hydrogens (tertiary/aromatic N) is 7. The Bertz CT molecular complexity index is 1390. The molecular formula is C24H26F3N7O2S. The van der Waals surface area contributed by atoms with Gasteiger partial charge < -0.3 is 9.80 Å². The molecule has 0 spiro atoms. The molecule has 1 fully saturated rings. The number of hydrogen-bond donors (Lipinski definition) is 0. The van der Waals surface area contributed by atoms with E-state index in [1.165, 1.54) is 12.1 Å². The molecule has 2 aromatic heterocycles. The lowest BCUT2D eigenvalue weighted by atomic mass is 10.0. The molecule has 5 rings (SSSR count). The molecule has 3 aromatic rings. The first-order valence-corrected chi connectivity index (χ1v) is 13.7. The summed E-state index contributed by atoms with van der Waals surface area (Å²) < 4.78 is 66.8. The fraction of sp³-hybridized carbons (Fsp3) is 0.417.